The molecule has 0 spiro atoms. The normalized spacial score (nSPS) is 15.2. The standard InChI is InChI=1S/C22H14BrNO4S2/c23-15-5-3-14(4-6-15)18-10-9-17(28-18)12-19-21(27)24(22(29)30-19)16-7-1-13(2-8-16)11-20(25)26/h1-10,12H,11H2,(H,25,26)/b19-12+. The van der Waals surface area contributed by atoms with Gasteiger partial charge in [-0.2, -0.15) is 0 Å². The summed E-state index contributed by atoms with van der Waals surface area (Å²) in [4.78, 5) is 25.6. The average Bonchev–Trinajstić information content (AvgIpc) is 3.28. The van der Waals surface area contributed by atoms with E-state index in [0.29, 0.717) is 32.0 Å². The lowest BCUT2D eigenvalue weighted by atomic mass is 10.1. The van der Waals surface area contributed by atoms with Crippen LogP contribution >= 0.6 is 39.9 Å². The van der Waals surface area contributed by atoms with E-state index in [9.17, 15) is 9.59 Å². The smallest absolute Gasteiger partial charge is 0.307 e. The van der Waals surface area contributed by atoms with E-state index in [0.717, 1.165) is 10.0 Å². The van der Waals surface area contributed by atoms with Crippen molar-refractivity contribution in [2.24, 2.45) is 0 Å². The quantitative estimate of drug-likeness (QED) is 0.356. The molecular weight excluding hydrogens is 486 g/mol. The van der Waals surface area contributed by atoms with Gasteiger partial charge in [-0.25, -0.2) is 0 Å². The maximum Gasteiger partial charge on any atom is 0.307 e. The molecule has 0 bridgehead atoms. The number of thioether (sulfide) groups is 1. The largest absolute Gasteiger partial charge is 0.481 e. The summed E-state index contributed by atoms with van der Waals surface area (Å²) in [6.07, 6.45) is 1.61. The first-order valence-corrected chi connectivity index (χ1v) is 10.9. The van der Waals surface area contributed by atoms with Crippen molar-refractivity contribution in [3.63, 3.8) is 0 Å². The summed E-state index contributed by atoms with van der Waals surface area (Å²) in [6, 6.07) is 18.2. The molecule has 8 heteroatoms. The number of rotatable bonds is 5. The van der Waals surface area contributed by atoms with Crippen LogP contribution in [0.1, 0.15) is 11.3 Å². The molecule has 1 amide bonds. The Kier molecular flexibility index (Phi) is 5.90. The number of halogens is 1. The molecule has 30 heavy (non-hydrogen) atoms. The van der Waals surface area contributed by atoms with Crippen molar-refractivity contribution in [1.29, 1.82) is 0 Å². The van der Waals surface area contributed by atoms with Gasteiger partial charge in [-0.1, -0.05) is 64.2 Å². The molecule has 2 aromatic carbocycles. The zero-order chi connectivity index (χ0) is 21.3. The summed E-state index contributed by atoms with van der Waals surface area (Å²) >= 11 is 10.00. The highest BCUT2D eigenvalue weighted by atomic mass is 79.9. The SMILES string of the molecule is O=C(O)Cc1ccc(N2C(=O)/C(=C\c3ccc(-c4ccc(Br)cc4)o3)SC2=S)cc1. The Bertz CT molecular complexity index is 1170. The fourth-order valence-corrected chi connectivity index (χ4v) is 4.50. The predicted molar refractivity (Wildman–Crippen MR) is 125 cm³/mol. The minimum atomic E-state index is -0.905. The maximum atomic E-state index is 12.9. The van der Waals surface area contributed by atoms with Crippen molar-refractivity contribution >= 4 is 67.9 Å². The number of carbonyl (C=O) groups excluding carboxylic acids is 1. The fourth-order valence-electron chi connectivity index (χ4n) is 2.96. The molecule has 3 aromatic rings. The van der Waals surface area contributed by atoms with Gasteiger partial charge in [-0.05, 0) is 42.0 Å². The van der Waals surface area contributed by atoms with Crippen molar-refractivity contribution in [2.75, 3.05) is 4.90 Å². The van der Waals surface area contributed by atoms with Crippen LogP contribution < -0.4 is 4.90 Å². The van der Waals surface area contributed by atoms with Gasteiger partial charge in [0.25, 0.3) is 5.91 Å². The molecule has 1 fully saturated rings. The highest BCUT2D eigenvalue weighted by Gasteiger charge is 2.33. The van der Waals surface area contributed by atoms with Crippen LogP contribution in [-0.2, 0) is 16.0 Å². The number of thiocarbonyl (C=S) groups is 1. The molecule has 1 N–H and O–H groups in total. The van der Waals surface area contributed by atoms with E-state index in [1.165, 1.54) is 16.7 Å². The molecular formula is C22H14BrNO4S2. The number of aliphatic carboxylic acids is 1. The monoisotopic (exact) mass is 499 g/mol. The van der Waals surface area contributed by atoms with Crippen LogP contribution in [0.15, 0.2) is 74.5 Å². The van der Waals surface area contributed by atoms with Gasteiger partial charge < -0.3 is 9.52 Å². The molecule has 1 aromatic heterocycles. The Morgan fingerprint density at radius 2 is 1.80 bits per heavy atom. The first-order chi connectivity index (χ1) is 14.4. The van der Waals surface area contributed by atoms with Crippen LogP contribution in [0, 0.1) is 0 Å². The van der Waals surface area contributed by atoms with Gasteiger partial charge in [-0.3, -0.25) is 14.5 Å². The van der Waals surface area contributed by atoms with E-state index in [-0.39, 0.29) is 12.3 Å². The zero-order valence-corrected chi connectivity index (χ0v) is 18.6. The van der Waals surface area contributed by atoms with E-state index in [1.54, 1.807) is 30.3 Å². The van der Waals surface area contributed by atoms with Crippen LogP contribution in [0.4, 0.5) is 5.69 Å². The molecule has 1 aliphatic rings. The number of carboxylic acid groups (broad SMARTS) is 1. The van der Waals surface area contributed by atoms with Crippen molar-refractivity contribution < 1.29 is 19.1 Å². The zero-order valence-electron chi connectivity index (χ0n) is 15.4. The molecule has 4 rings (SSSR count). The summed E-state index contributed by atoms with van der Waals surface area (Å²) in [5, 5.41) is 8.89. The first kappa shape index (κ1) is 20.6. The Morgan fingerprint density at radius 3 is 2.47 bits per heavy atom. The van der Waals surface area contributed by atoms with Gasteiger partial charge in [-0.15, -0.1) is 0 Å². The number of carbonyl (C=O) groups is 2. The lowest BCUT2D eigenvalue weighted by molar-refractivity contribution is -0.136. The Hall–Kier alpha value is -2.68. The van der Waals surface area contributed by atoms with Gasteiger partial charge in [0.15, 0.2) is 4.32 Å². The van der Waals surface area contributed by atoms with Crippen molar-refractivity contribution in [3.8, 4) is 11.3 Å². The van der Waals surface area contributed by atoms with Gasteiger partial charge in [0.1, 0.15) is 11.5 Å². The second-order valence-electron chi connectivity index (χ2n) is 6.46. The Morgan fingerprint density at radius 1 is 1.10 bits per heavy atom. The molecule has 5 nitrogen and oxygen atoms in total. The number of hydrogen-bond donors (Lipinski definition) is 1. The fraction of sp³-hybridized carbons (Fsp3) is 0.0455. The first-order valence-electron chi connectivity index (χ1n) is 8.85. The molecule has 0 atom stereocenters. The van der Waals surface area contributed by atoms with Crippen LogP contribution in [0.2, 0.25) is 0 Å². The molecule has 1 saturated heterocycles. The minimum absolute atomic E-state index is 0.0717. The minimum Gasteiger partial charge on any atom is -0.481 e. The number of amides is 1. The van der Waals surface area contributed by atoms with Gasteiger partial charge in [0.2, 0.25) is 0 Å². The lowest BCUT2D eigenvalue weighted by Gasteiger charge is -2.14. The van der Waals surface area contributed by atoms with E-state index < -0.39 is 5.97 Å². The molecule has 2 heterocycles. The van der Waals surface area contributed by atoms with Crippen LogP contribution in [0.3, 0.4) is 0 Å². The summed E-state index contributed by atoms with van der Waals surface area (Å²) in [5.41, 5.74) is 2.19. The number of furan rings is 1. The number of benzene rings is 2. The highest BCUT2D eigenvalue weighted by Crippen LogP contribution is 2.36. The second kappa shape index (κ2) is 8.59. The highest BCUT2D eigenvalue weighted by molar-refractivity contribution is 9.10. The van der Waals surface area contributed by atoms with Gasteiger partial charge in [0.05, 0.1) is 17.0 Å². The van der Waals surface area contributed by atoms with Crippen LogP contribution in [0.5, 0.6) is 0 Å². The lowest BCUT2D eigenvalue weighted by Crippen LogP contribution is -2.27. The summed E-state index contributed by atoms with van der Waals surface area (Å²) in [7, 11) is 0. The van der Waals surface area contributed by atoms with Crippen molar-refractivity contribution in [1.82, 2.24) is 0 Å². The second-order valence-corrected chi connectivity index (χ2v) is 9.05. The number of anilines is 1. The van der Waals surface area contributed by atoms with Crippen molar-refractivity contribution in [3.05, 3.63) is 81.4 Å². The van der Waals surface area contributed by atoms with E-state index in [2.05, 4.69) is 15.9 Å². The molecule has 150 valence electrons. The number of hydrogen-bond acceptors (Lipinski definition) is 5. The number of nitrogens with zero attached hydrogens (tertiary/aromatic N) is 1. The predicted octanol–water partition coefficient (Wildman–Crippen LogP) is 5.74. The third-order valence-electron chi connectivity index (χ3n) is 4.37. The molecule has 0 unspecified atom stereocenters. The molecule has 1 aliphatic heterocycles. The van der Waals surface area contributed by atoms with E-state index >= 15 is 0 Å². The van der Waals surface area contributed by atoms with Crippen LogP contribution in [0.25, 0.3) is 17.4 Å². The third kappa shape index (κ3) is 4.40. The van der Waals surface area contributed by atoms with Crippen LogP contribution in [-0.4, -0.2) is 21.3 Å². The van der Waals surface area contributed by atoms with Crippen molar-refractivity contribution in [2.45, 2.75) is 6.42 Å². The van der Waals surface area contributed by atoms with E-state index in [4.69, 9.17) is 21.7 Å². The topological polar surface area (TPSA) is 70.8 Å². The van der Waals surface area contributed by atoms with E-state index in [1.807, 2.05) is 36.4 Å². The molecule has 0 aliphatic carbocycles. The third-order valence-corrected chi connectivity index (χ3v) is 6.20. The Labute approximate surface area is 190 Å². The summed E-state index contributed by atoms with van der Waals surface area (Å²) in [5.74, 6) is 0.123. The maximum absolute atomic E-state index is 12.9. The summed E-state index contributed by atoms with van der Waals surface area (Å²) in [6.45, 7) is 0. The Balaban J connectivity index is 1.54. The van der Waals surface area contributed by atoms with Gasteiger partial charge >= 0.3 is 5.97 Å². The molecule has 0 saturated carbocycles. The number of carboxylic acids is 1. The average molecular weight is 500 g/mol. The molecule has 0 radical (unpaired) electrons. The van der Waals surface area contributed by atoms with Gasteiger partial charge in [0, 0.05) is 16.1 Å². The summed E-state index contributed by atoms with van der Waals surface area (Å²) < 4.78 is 7.27.